The minimum atomic E-state index is -0.348. The Balaban J connectivity index is 1.92. The molecule has 0 amide bonds. The van der Waals surface area contributed by atoms with Crippen LogP contribution in [0.1, 0.15) is 26.2 Å². The van der Waals surface area contributed by atoms with E-state index in [0.29, 0.717) is 0 Å². The largest absolute Gasteiger partial charge is 0.356 e. The first-order valence-corrected chi connectivity index (χ1v) is 5.15. The molecule has 4 nitrogen and oxygen atoms in total. The normalized spacial score (nSPS) is 40.9. The lowest BCUT2D eigenvalue weighted by Gasteiger charge is -2.24. The first-order chi connectivity index (χ1) is 6.77. The second-order valence-electron chi connectivity index (χ2n) is 3.79. The quantitative estimate of drug-likeness (QED) is 0.632. The number of Topliss-reactive ketones (excluding diaryl/α,β-unsaturated/α-hetero) is 1. The summed E-state index contributed by atoms with van der Waals surface area (Å²) in [4.78, 5) is 11.6. The molecule has 0 saturated carbocycles. The van der Waals surface area contributed by atoms with Gasteiger partial charge in [-0.05, 0) is 6.42 Å². The van der Waals surface area contributed by atoms with Crippen LogP contribution in [0.25, 0.3) is 0 Å². The number of ketones is 1. The summed E-state index contributed by atoms with van der Waals surface area (Å²) in [7, 11) is 1.58. The Hall–Kier alpha value is -0.450. The zero-order chi connectivity index (χ0) is 10.1. The Morgan fingerprint density at radius 3 is 2.86 bits per heavy atom. The molecule has 2 fully saturated rings. The van der Waals surface area contributed by atoms with Gasteiger partial charge in [0.15, 0.2) is 18.2 Å². The van der Waals surface area contributed by atoms with Gasteiger partial charge in [0.05, 0.1) is 0 Å². The summed E-state index contributed by atoms with van der Waals surface area (Å²) >= 11 is 0. The molecule has 0 spiro atoms. The molecule has 80 valence electrons. The van der Waals surface area contributed by atoms with Gasteiger partial charge in [-0.2, -0.15) is 0 Å². The van der Waals surface area contributed by atoms with Crippen molar-refractivity contribution in [2.24, 2.45) is 0 Å². The minimum absolute atomic E-state index is 0.0942. The third-order valence-corrected chi connectivity index (χ3v) is 2.74. The van der Waals surface area contributed by atoms with Crippen molar-refractivity contribution in [3.8, 4) is 0 Å². The van der Waals surface area contributed by atoms with Crippen LogP contribution in [0.2, 0.25) is 0 Å². The van der Waals surface area contributed by atoms with E-state index in [2.05, 4.69) is 6.92 Å². The summed E-state index contributed by atoms with van der Waals surface area (Å²) < 4.78 is 15.8. The van der Waals surface area contributed by atoms with Gasteiger partial charge in [-0.25, -0.2) is 0 Å². The number of hydrogen-bond donors (Lipinski definition) is 0. The van der Waals surface area contributed by atoms with Crippen LogP contribution in [0, 0.1) is 0 Å². The molecule has 2 aliphatic heterocycles. The molecule has 0 aromatic rings. The molecule has 0 aromatic carbocycles. The second-order valence-corrected chi connectivity index (χ2v) is 3.79. The van der Waals surface area contributed by atoms with Crippen LogP contribution in [0.3, 0.4) is 0 Å². The van der Waals surface area contributed by atoms with Crippen LogP contribution in [-0.2, 0) is 19.0 Å². The van der Waals surface area contributed by atoms with E-state index < -0.39 is 0 Å². The molecule has 4 heteroatoms. The highest BCUT2D eigenvalue weighted by Crippen LogP contribution is 2.36. The number of rotatable bonds is 4. The monoisotopic (exact) mass is 200 g/mol. The summed E-state index contributed by atoms with van der Waals surface area (Å²) in [6.07, 6.45) is 1.79. The number of methoxy groups -OCH3 is 1. The Kier molecular flexibility index (Phi) is 2.85. The lowest BCUT2D eigenvalue weighted by molar-refractivity contribution is -0.181. The molecule has 0 bridgehead atoms. The van der Waals surface area contributed by atoms with Gasteiger partial charge in [-0.3, -0.25) is 4.79 Å². The molecule has 0 radical (unpaired) electrons. The van der Waals surface area contributed by atoms with Crippen molar-refractivity contribution in [1.82, 2.24) is 0 Å². The van der Waals surface area contributed by atoms with Gasteiger partial charge in [-0.15, -0.1) is 0 Å². The van der Waals surface area contributed by atoms with Crippen molar-refractivity contribution < 1.29 is 19.0 Å². The smallest absolute Gasteiger partial charge is 0.193 e. The topological polar surface area (TPSA) is 48.1 Å². The number of unbranched alkanes of at least 4 members (excludes halogenated alkanes) is 1. The second kappa shape index (κ2) is 3.96. The number of epoxide rings is 1. The van der Waals surface area contributed by atoms with E-state index >= 15 is 0 Å². The fraction of sp³-hybridized carbons (Fsp3) is 0.900. The van der Waals surface area contributed by atoms with Crippen LogP contribution >= 0.6 is 0 Å². The molecular weight excluding hydrogens is 184 g/mol. The third kappa shape index (κ3) is 1.69. The van der Waals surface area contributed by atoms with Gasteiger partial charge in [0.2, 0.25) is 0 Å². The predicted molar refractivity (Wildman–Crippen MR) is 48.9 cm³/mol. The maximum atomic E-state index is 11.6. The minimum Gasteiger partial charge on any atom is -0.356 e. The zero-order valence-corrected chi connectivity index (χ0v) is 8.56. The van der Waals surface area contributed by atoms with Crippen LogP contribution in [0.15, 0.2) is 0 Å². The molecule has 4 atom stereocenters. The van der Waals surface area contributed by atoms with Gasteiger partial charge in [0.25, 0.3) is 0 Å². The Labute approximate surface area is 83.5 Å². The summed E-state index contributed by atoms with van der Waals surface area (Å²) in [5.41, 5.74) is 0. The first kappa shape index (κ1) is 10.1. The Morgan fingerprint density at radius 1 is 1.43 bits per heavy atom. The zero-order valence-electron chi connectivity index (χ0n) is 8.56. The van der Waals surface area contributed by atoms with Crippen molar-refractivity contribution in [2.45, 2.75) is 50.8 Å². The van der Waals surface area contributed by atoms with E-state index in [1.54, 1.807) is 7.11 Å². The molecule has 4 unspecified atom stereocenters. The number of carbonyl (C=O) groups excluding carboxylic acids is 1. The highest BCUT2D eigenvalue weighted by Gasteiger charge is 2.57. The van der Waals surface area contributed by atoms with Crippen molar-refractivity contribution in [1.29, 1.82) is 0 Å². The van der Waals surface area contributed by atoms with Crippen LogP contribution in [0.5, 0.6) is 0 Å². The summed E-state index contributed by atoms with van der Waals surface area (Å²) in [5, 5.41) is 0. The number of carbonyl (C=O) groups is 1. The third-order valence-electron chi connectivity index (χ3n) is 2.74. The molecule has 0 aliphatic carbocycles. The molecule has 0 aromatic heterocycles. The van der Waals surface area contributed by atoms with Crippen molar-refractivity contribution >= 4 is 5.78 Å². The number of fused-ring (bicyclic) bond motifs is 1. The number of hydrogen-bond acceptors (Lipinski definition) is 4. The van der Waals surface area contributed by atoms with E-state index in [1.165, 1.54) is 0 Å². The standard InChI is InChI=1S/C10H16O4/c1-3-4-5-6-7(11)8-9(14-8)10(12-2)13-6/h6,8-10H,3-5H2,1-2H3. The maximum absolute atomic E-state index is 11.6. The predicted octanol–water partition coefficient (Wildman–Crippen LogP) is 0.884. The summed E-state index contributed by atoms with van der Waals surface area (Å²) in [5.74, 6) is 0.0942. The fourth-order valence-corrected chi connectivity index (χ4v) is 1.84. The van der Waals surface area contributed by atoms with Gasteiger partial charge in [0, 0.05) is 7.11 Å². The summed E-state index contributed by atoms with van der Waals surface area (Å²) in [6, 6.07) is 0. The highest BCUT2D eigenvalue weighted by atomic mass is 16.7. The van der Waals surface area contributed by atoms with Crippen LogP contribution in [-0.4, -0.2) is 37.5 Å². The van der Waals surface area contributed by atoms with E-state index in [4.69, 9.17) is 14.2 Å². The first-order valence-electron chi connectivity index (χ1n) is 5.15. The summed E-state index contributed by atoms with van der Waals surface area (Å²) in [6.45, 7) is 2.09. The van der Waals surface area contributed by atoms with Crippen LogP contribution in [0.4, 0.5) is 0 Å². The van der Waals surface area contributed by atoms with Crippen molar-refractivity contribution in [2.75, 3.05) is 7.11 Å². The van der Waals surface area contributed by atoms with Gasteiger partial charge in [-0.1, -0.05) is 19.8 Å². The average Bonchev–Trinajstić information content (AvgIpc) is 2.97. The molecule has 2 heterocycles. The number of ether oxygens (including phenoxy) is 3. The average molecular weight is 200 g/mol. The van der Waals surface area contributed by atoms with Crippen LogP contribution < -0.4 is 0 Å². The molecule has 2 aliphatic rings. The highest BCUT2D eigenvalue weighted by molar-refractivity contribution is 5.90. The maximum Gasteiger partial charge on any atom is 0.193 e. The van der Waals surface area contributed by atoms with E-state index in [0.717, 1.165) is 19.3 Å². The molecule has 2 saturated heterocycles. The van der Waals surface area contributed by atoms with E-state index in [-0.39, 0.29) is 30.4 Å². The van der Waals surface area contributed by atoms with Gasteiger partial charge >= 0.3 is 0 Å². The molecule has 2 rings (SSSR count). The lowest BCUT2D eigenvalue weighted by atomic mass is 10.0. The van der Waals surface area contributed by atoms with Crippen molar-refractivity contribution in [3.05, 3.63) is 0 Å². The van der Waals surface area contributed by atoms with E-state index in [1.807, 2.05) is 0 Å². The molecule has 0 N–H and O–H groups in total. The Morgan fingerprint density at radius 2 is 2.21 bits per heavy atom. The van der Waals surface area contributed by atoms with Crippen molar-refractivity contribution in [3.63, 3.8) is 0 Å². The fourth-order valence-electron chi connectivity index (χ4n) is 1.84. The van der Waals surface area contributed by atoms with Gasteiger partial charge < -0.3 is 14.2 Å². The lowest BCUT2D eigenvalue weighted by Crippen LogP contribution is -2.42. The molecular formula is C10H16O4. The SMILES string of the molecule is CCCCC1OC(OC)C2OC2C1=O. The Bertz CT molecular complexity index is 228. The van der Waals surface area contributed by atoms with Gasteiger partial charge in [0.1, 0.15) is 12.2 Å². The van der Waals surface area contributed by atoms with E-state index in [9.17, 15) is 4.79 Å². The molecule has 14 heavy (non-hydrogen) atoms.